The lowest BCUT2D eigenvalue weighted by Crippen LogP contribution is -2.24. The lowest BCUT2D eigenvalue weighted by Gasteiger charge is -2.23. The highest BCUT2D eigenvalue weighted by Crippen LogP contribution is 2.17. The van der Waals surface area contributed by atoms with Gasteiger partial charge in [-0.05, 0) is 25.7 Å². The molecule has 0 bridgehead atoms. The molecule has 0 aromatic rings. The third-order valence-electron chi connectivity index (χ3n) is 3.83. The number of unbranched alkanes of at least 4 members (excludes halogenated alkanes) is 2. The van der Waals surface area contributed by atoms with Crippen LogP contribution in [0.1, 0.15) is 65.2 Å². The van der Waals surface area contributed by atoms with Crippen LogP contribution >= 0.6 is 0 Å². The van der Waals surface area contributed by atoms with E-state index >= 15 is 0 Å². The van der Waals surface area contributed by atoms with E-state index in [-0.39, 0.29) is 0 Å². The lowest BCUT2D eigenvalue weighted by molar-refractivity contribution is 0.00377. The van der Waals surface area contributed by atoms with E-state index in [1.165, 1.54) is 55.5 Å². The van der Waals surface area contributed by atoms with E-state index < -0.39 is 14.5 Å². The molecule has 0 N–H and O–H groups in total. The van der Waals surface area contributed by atoms with Gasteiger partial charge in [0.05, 0.1) is 6.10 Å². The number of rotatable bonds is 10. The van der Waals surface area contributed by atoms with E-state index in [4.69, 9.17) is 8.53 Å². The van der Waals surface area contributed by atoms with Crippen molar-refractivity contribution in [3.05, 3.63) is 0 Å². The molecule has 1 unspecified atom stereocenters. The fourth-order valence-electron chi connectivity index (χ4n) is 2.58. The van der Waals surface area contributed by atoms with Gasteiger partial charge in [0, 0.05) is 13.2 Å². The topological polar surface area (TPSA) is 18.5 Å². The van der Waals surface area contributed by atoms with Gasteiger partial charge in [0.15, 0.2) is 0 Å². The van der Waals surface area contributed by atoms with Crippen LogP contribution in [0.3, 0.4) is 0 Å². The van der Waals surface area contributed by atoms with Gasteiger partial charge in [-0.1, -0.05) is 50.1 Å². The molecule has 3 heteroatoms. The minimum absolute atomic E-state index is 0.491. The van der Waals surface area contributed by atoms with Crippen LogP contribution in [0.2, 0.25) is 10.6 Å². The number of hydrogen-bond acceptors (Lipinski definition) is 2. The van der Waals surface area contributed by atoms with Crippen molar-refractivity contribution in [1.29, 1.82) is 0 Å². The number of hydrogen-bond donors (Lipinski definition) is 0. The Hall–Kier alpha value is 0.452. The largest absolute Gasteiger partial charge is 0.501 e. The summed E-state index contributed by atoms with van der Waals surface area (Å²) in [5.41, 5.74) is 0. The van der Waals surface area contributed by atoms with Crippen LogP contribution in [0.5, 0.6) is 0 Å². The predicted molar refractivity (Wildman–Crippen MR) is 79.3 cm³/mol. The van der Waals surface area contributed by atoms with Crippen molar-refractivity contribution in [2.45, 2.75) is 81.9 Å². The first-order valence-corrected chi connectivity index (χ1v) is 10.2. The second-order valence-corrected chi connectivity index (χ2v) is 8.29. The maximum absolute atomic E-state index is 6.21. The summed E-state index contributed by atoms with van der Waals surface area (Å²) in [5, 5.41) is 2.75. The standard InChI is InChI=1S/C7H13O2.2C4H9.Al/c8-5-4-7-3-1-2-6-9-7;2*1-3-4-2;/h7H,1-6H2;2*1,3-4H2,2H3;/q-1;;;+1. The van der Waals surface area contributed by atoms with E-state index in [1.54, 1.807) is 0 Å². The smallest absolute Gasteiger partial charge is 0.460 e. The first-order valence-electron chi connectivity index (χ1n) is 8.10. The van der Waals surface area contributed by atoms with E-state index in [2.05, 4.69) is 13.8 Å². The Labute approximate surface area is 118 Å². The highest BCUT2D eigenvalue weighted by atomic mass is 27.2. The fraction of sp³-hybridized carbons (Fsp3) is 1.00. The quantitative estimate of drug-likeness (QED) is 0.542. The number of ether oxygens (including phenoxy) is 1. The average molecular weight is 270 g/mol. The van der Waals surface area contributed by atoms with Gasteiger partial charge >= 0.3 is 14.5 Å². The van der Waals surface area contributed by atoms with Gasteiger partial charge in [0.25, 0.3) is 0 Å². The lowest BCUT2D eigenvalue weighted by atomic mass is 10.1. The van der Waals surface area contributed by atoms with Crippen molar-refractivity contribution in [1.82, 2.24) is 0 Å². The molecule has 1 saturated heterocycles. The van der Waals surface area contributed by atoms with Crippen molar-refractivity contribution >= 4 is 14.5 Å². The molecule has 0 radical (unpaired) electrons. The molecular formula is C15H31AlO2. The van der Waals surface area contributed by atoms with E-state index in [0.717, 1.165) is 19.6 Å². The zero-order valence-electron chi connectivity index (χ0n) is 12.5. The summed E-state index contributed by atoms with van der Waals surface area (Å²) >= 11 is -0.896. The molecule has 1 fully saturated rings. The summed E-state index contributed by atoms with van der Waals surface area (Å²) in [6, 6.07) is 0. The minimum atomic E-state index is -0.896. The molecule has 0 amide bonds. The molecule has 1 heterocycles. The molecule has 18 heavy (non-hydrogen) atoms. The Kier molecular flexibility index (Phi) is 10.4. The van der Waals surface area contributed by atoms with E-state index in [0.29, 0.717) is 6.10 Å². The first kappa shape index (κ1) is 16.5. The first-order chi connectivity index (χ1) is 8.86. The molecule has 106 valence electrons. The zero-order valence-corrected chi connectivity index (χ0v) is 13.6. The van der Waals surface area contributed by atoms with Crippen molar-refractivity contribution in [3.8, 4) is 0 Å². The highest BCUT2D eigenvalue weighted by molar-refractivity contribution is 6.51. The second-order valence-electron chi connectivity index (χ2n) is 5.55. The van der Waals surface area contributed by atoms with Crippen LogP contribution < -0.4 is 0 Å². The normalized spacial score (nSPS) is 20.0. The predicted octanol–water partition coefficient (Wildman–Crippen LogP) is 4.55. The Morgan fingerprint density at radius 2 is 1.83 bits per heavy atom. The van der Waals surface area contributed by atoms with E-state index in [9.17, 15) is 0 Å². The van der Waals surface area contributed by atoms with Crippen molar-refractivity contribution in [2.75, 3.05) is 13.2 Å². The Balaban J connectivity index is 2.10. The van der Waals surface area contributed by atoms with Crippen molar-refractivity contribution in [3.63, 3.8) is 0 Å². The van der Waals surface area contributed by atoms with Crippen molar-refractivity contribution < 1.29 is 8.53 Å². The summed E-state index contributed by atoms with van der Waals surface area (Å²) in [4.78, 5) is 0. The summed E-state index contributed by atoms with van der Waals surface area (Å²) in [5.74, 6) is 0. The van der Waals surface area contributed by atoms with Crippen LogP contribution in [0.4, 0.5) is 0 Å². The van der Waals surface area contributed by atoms with Crippen LogP contribution in [0, 0.1) is 0 Å². The Morgan fingerprint density at radius 1 is 1.11 bits per heavy atom. The SMILES string of the molecule is CCC[CH2][Al]([CH2]CCC)[O]CCC1CCCCO1. The summed E-state index contributed by atoms with van der Waals surface area (Å²) in [6.45, 7) is 6.48. The maximum Gasteiger partial charge on any atom is 0.460 e. The van der Waals surface area contributed by atoms with Crippen LogP contribution in [-0.4, -0.2) is 33.8 Å². The van der Waals surface area contributed by atoms with Gasteiger partial charge in [-0.25, -0.2) is 0 Å². The molecular weight excluding hydrogens is 239 g/mol. The maximum atomic E-state index is 6.21. The van der Waals surface area contributed by atoms with Crippen LogP contribution in [-0.2, 0) is 8.53 Å². The van der Waals surface area contributed by atoms with Gasteiger partial charge in [0.2, 0.25) is 0 Å². The molecule has 1 rings (SSSR count). The molecule has 1 aliphatic heterocycles. The monoisotopic (exact) mass is 270 g/mol. The fourth-order valence-corrected chi connectivity index (χ4v) is 5.39. The Morgan fingerprint density at radius 3 is 2.39 bits per heavy atom. The van der Waals surface area contributed by atoms with Crippen LogP contribution in [0.25, 0.3) is 0 Å². The average Bonchev–Trinajstić information content (AvgIpc) is 2.42. The van der Waals surface area contributed by atoms with Gasteiger partial charge in [0.1, 0.15) is 0 Å². The third-order valence-corrected chi connectivity index (χ3v) is 6.64. The van der Waals surface area contributed by atoms with E-state index in [1.807, 2.05) is 0 Å². The summed E-state index contributed by atoms with van der Waals surface area (Å²) < 4.78 is 12.0. The van der Waals surface area contributed by atoms with Crippen molar-refractivity contribution in [2.24, 2.45) is 0 Å². The summed E-state index contributed by atoms with van der Waals surface area (Å²) in [6.07, 6.45) is 10.8. The zero-order chi connectivity index (χ0) is 13.1. The molecule has 0 spiro atoms. The van der Waals surface area contributed by atoms with Crippen LogP contribution in [0.15, 0.2) is 0 Å². The van der Waals surface area contributed by atoms with Gasteiger partial charge in [-0.15, -0.1) is 0 Å². The Bertz CT molecular complexity index is 173. The third kappa shape index (κ3) is 7.79. The highest BCUT2D eigenvalue weighted by Gasteiger charge is 2.20. The van der Waals surface area contributed by atoms with Gasteiger partial charge < -0.3 is 8.53 Å². The summed E-state index contributed by atoms with van der Waals surface area (Å²) in [7, 11) is 0. The molecule has 0 aromatic heterocycles. The second kappa shape index (κ2) is 11.3. The molecule has 0 aromatic carbocycles. The van der Waals surface area contributed by atoms with Gasteiger partial charge in [-0.2, -0.15) is 0 Å². The molecule has 0 saturated carbocycles. The molecule has 2 nitrogen and oxygen atoms in total. The molecule has 1 aliphatic rings. The molecule has 1 atom stereocenters. The minimum Gasteiger partial charge on any atom is -0.501 e. The van der Waals surface area contributed by atoms with Gasteiger partial charge in [-0.3, -0.25) is 0 Å². The molecule has 0 aliphatic carbocycles.